The Morgan fingerprint density at radius 3 is 2.85 bits per heavy atom. The van der Waals surface area contributed by atoms with Gasteiger partial charge in [0.05, 0.1) is 24.9 Å². The number of nitrogens with one attached hydrogen (secondary N) is 1. The minimum Gasteiger partial charge on any atom is -0.496 e. The molecule has 0 amide bonds. The van der Waals surface area contributed by atoms with Crippen LogP contribution in [0.4, 0.5) is 5.82 Å². The number of anilines is 1. The van der Waals surface area contributed by atoms with Crippen molar-refractivity contribution in [2.45, 2.75) is 13.5 Å². The lowest BCUT2D eigenvalue weighted by atomic mass is 10.1. The topological polar surface area (TPSA) is 47.0 Å². The van der Waals surface area contributed by atoms with E-state index in [4.69, 9.17) is 4.74 Å². The lowest BCUT2D eigenvalue weighted by Crippen LogP contribution is -2.02. The van der Waals surface area contributed by atoms with Gasteiger partial charge in [-0.15, -0.1) is 11.3 Å². The van der Waals surface area contributed by atoms with E-state index in [1.54, 1.807) is 24.6 Å². The number of nitrogens with zero attached hydrogens (tertiary/aromatic N) is 2. The molecule has 0 bridgehead atoms. The normalized spacial score (nSPS) is 10.7. The molecule has 0 unspecified atom stereocenters. The van der Waals surface area contributed by atoms with Crippen molar-refractivity contribution >= 4 is 27.9 Å². The fourth-order valence-corrected chi connectivity index (χ4v) is 2.87. The number of hydrogen-bond acceptors (Lipinski definition) is 5. The van der Waals surface area contributed by atoms with Crippen LogP contribution in [0.1, 0.15) is 10.6 Å². The second-order valence-electron chi connectivity index (χ2n) is 4.43. The minimum atomic E-state index is 0.736. The molecule has 0 radical (unpaired) electrons. The van der Waals surface area contributed by atoms with Gasteiger partial charge in [-0.2, -0.15) is 0 Å². The van der Waals surface area contributed by atoms with Crippen LogP contribution in [-0.4, -0.2) is 17.1 Å². The van der Waals surface area contributed by atoms with Crippen molar-refractivity contribution in [3.63, 3.8) is 0 Å². The van der Waals surface area contributed by atoms with Crippen LogP contribution in [0, 0.1) is 6.92 Å². The number of pyridine rings is 1. The van der Waals surface area contributed by atoms with Crippen molar-refractivity contribution in [1.29, 1.82) is 0 Å². The average molecular weight is 285 g/mol. The Morgan fingerprint density at radius 2 is 2.10 bits per heavy atom. The van der Waals surface area contributed by atoms with Gasteiger partial charge in [-0.1, -0.05) is 12.1 Å². The molecule has 0 spiro atoms. The third-order valence-corrected chi connectivity index (χ3v) is 4.18. The molecule has 1 aromatic carbocycles. The summed E-state index contributed by atoms with van der Waals surface area (Å²) in [5, 5.41) is 5.51. The zero-order valence-corrected chi connectivity index (χ0v) is 12.2. The van der Waals surface area contributed by atoms with Crippen molar-refractivity contribution in [2.75, 3.05) is 12.4 Å². The van der Waals surface area contributed by atoms with Gasteiger partial charge in [0, 0.05) is 21.8 Å². The smallest absolute Gasteiger partial charge is 0.134 e. The number of aryl methyl sites for hydroxylation is 1. The first-order valence-electron chi connectivity index (χ1n) is 6.34. The summed E-state index contributed by atoms with van der Waals surface area (Å²) in [5.74, 6) is 1.73. The highest BCUT2D eigenvalue weighted by molar-refractivity contribution is 7.09. The van der Waals surface area contributed by atoms with Crippen molar-refractivity contribution < 1.29 is 4.74 Å². The van der Waals surface area contributed by atoms with Gasteiger partial charge in [-0.05, 0) is 19.1 Å². The number of ether oxygens (including phenoxy) is 1. The zero-order valence-electron chi connectivity index (χ0n) is 11.4. The van der Waals surface area contributed by atoms with Gasteiger partial charge in [-0.3, -0.25) is 0 Å². The van der Waals surface area contributed by atoms with Crippen LogP contribution in [0.15, 0.2) is 36.0 Å². The Morgan fingerprint density at radius 1 is 1.20 bits per heavy atom. The van der Waals surface area contributed by atoms with E-state index in [0.29, 0.717) is 0 Å². The predicted octanol–water partition coefficient (Wildman–Crippen LogP) is 3.62. The molecule has 2 aromatic heterocycles. The second-order valence-corrected chi connectivity index (χ2v) is 5.37. The first-order valence-corrected chi connectivity index (χ1v) is 7.22. The quantitative estimate of drug-likeness (QED) is 0.795. The third kappa shape index (κ3) is 2.32. The highest BCUT2D eigenvalue weighted by Gasteiger charge is 2.07. The number of rotatable bonds is 4. The minimum absolute atomic E-state index is 0.736. The predicted molar refractivity (Wildman–Crippen MR) is 82.5 cm³/mol. The molecule has 0 saturated carbocycles. The summed E-state index contributed by atoms with van der Waals surface area (Å²) < 4.78 is 5.39. The molecule has 0 saturated heterocycles. The van der Waals surface area contributed by atoms with Gasteiger partial charge < -0.3 is 10.1 Å². The molecule has 4 nitrogen and oxygen atoms in total. The highest BCUT2D eigenvalue weighted by atomic mass is 32.1. The van der Waals surface area contributed by atoms with E-state index in [0.717, 1.165) is 34.6 Å². The van der Waals surface area contributed by atoms with E-state index < -0.39 is 0 Å². The Bertz CT molecular complexity index is 739. The summed E-state index contributed by atoms with van der Waals surface area (Å²) in [6.45, 7) is 2.76. The highest BCUT2D eigenvalue weighted by Crippen LogP contribution is 2.29. The van der Waals surface area contributed by atoms with Gasteiger partial charge in [0.15, 0.2) is 0 Å². The lowest BCUT2D eigenvalue weighted by molar-refractivity contribution is 0.420. The number of benzene rings is 1. The molecule has 1 N–H and O–H groups in total. The van der Waals surface area contributed by atoms with E-state index in [1.165, 1.54) is 4.88 Å². The van der Waals surface area contributed by atoms with Crippen LogP contribution in [0.25, 0.3) is 10.8 Å². The Balaban J connectivity index is 1.94. The molecule has 102 valence electrons. The third-order valence-electron chi connectivity index (χ3n) is 3.25. The summed E-state index contributed by atoms with van der Waals surface area (Å²) in [5.41, 5.74) is 2.94. The van der Waals surface area contributed by atoms with Crippen molar-refractivity contribution in [3.05, 3.63) is 46.5 Å². The molecule has 5 heteroatoms. The Labute approximate surface area is 121 Å². The Kier molecular flexibility index (Phi) is 3.52. The molecule has 0 atom stereocenters. The maximum atomic E-state index is 5.39. The maximum absolute atomic E-state index is 5.39. The summed E-state index contributed by atoms with van der Waals surface area (Å²) in [6.07, 6.45) is 1.80. The van der Waals surface area contributed by atoms with Crippen molar-refractivity contribution in [1.82, 2.24) is 9.97 Å². The monoisotopic (exact) mass is 285 g/mol. The van der Waals surface area contributed by atoms with Crippen LogP contribution < -0.4 is 10.1 Å². The van der Waals surface area contributed by atoms with Gasteiger partial charge in [0.2, 0.25) is 0 Å². The van der Waals surface area contributed by atoms with Gasteiger partial charge in [0.25, 0.3) is 0 Å². The fraction of sp³-hybridized carbons (Fsp3) is 0.200. The van der Waals surface area contributed by atoms with E-state index >= 15 is 0 Å². The number of methoxy groups -OCH3 is 1. The number of aromatic nitrogens is 2. The van der Waals surface area contributed by atoms with Crippen molar-refractivity contribution in [3.8, 4) is 5.75 Å². The summed E-state index contributed by atoms with van der Waals surface area (Å²) in [7, 11) is 1.68. The number of thiazole rings is 1. The molecule has 0 fully saturated rings. The van der Waals surface area contributed by atoms with Gasteiger partial charge >= 0.3 is 0 Å². The fourth-order valence-electron chi connectivity index (χ4n) is 2.16. The van der Waals surface area contributed by atoms with E-state index in [1.807, 2.05) is 36.7 Å². The zero-order chi connectivity index (χ0) is 13.9. The number of hydrogen-bond donors (Lipinski definition) is 1. The summed E-state index contributed by atoms with van der Waals surface area (Å²) in [6, 6.07) is 7.95. The van der Waals surface area contributed by atoms with Crippen LogP contribution in [0.3, 0.4) is 0 Å². The molecule has 2 heterocycles. The van der Waals surface area contributed by atoms with Crippen LogP contribution in [0.2, 0.25) is 0 Å². The lowest BCUT2D eigenvalue weighted by Gasteiger charge is -2.10. The summed E-state index contributed by atoms with van der Waals surface area (Å²) >= 11 is 1.66. The first kappa shape index (κ1) is 12.9. The summed E-state index contributed by atoms with van der Waals surface area (Å²) in [4.78, 5) is 9.91. The standard InChI is InChI=1S/C15H15N3OS/c1-10-14(20-9-18-10)8-17-15-12-4-3-5-13(19-2)11(12)6-7-16-15/h3-7,9H,8H2,1-2H3,(H,16,17). The van der Waals surface area contributed by atoms with Gasteiger partial charge in [0.1, 0.15) is 11.6 Å². The molecular weight excluding hydrogens is 270 g/mol. The van der Waals surface area contributed by atoms with E-state index in [9.17, 15) is 0 Å². The average Bonchev–Trinajstić information content (AvgIpc) is 2.89. The molecule has 3 rings (SSSR count). The first-order chi connectivity index (χ1) is 9.79. The molecule has 0 aliphatic heterocycles. The van der Waals surface area contributed by atoms with E-state index in [-0.39, 0.29) is 0 Å². The largest absolute Gasteiger partial charge is 0.496 e. The van der Waals surface area contributed by atoms with Gasteiger partial charge in [-0.25, -0.2) is 9.97 Å². The molecule has 20 heavy (non-hydrogen) atoms. The van der Waals surface area contributed by atoms with Crippen LogP contribution in [0.5, 0.6) is 5.75 Å². The molecule has 3 aromatic rings. The Hall–Kier alpha value is -2.14. The maximum Gasteiger partial charge on any atom is 0.134 e. The number of fused-ring (bicyclic) bond motifs is 1. The SMILES string of the molecule is COc1cccc2c(NCc3scnc3C)nccc12. The second kappa shape index (κ2) is 5.46. The van der Waals surface area contributed by atoms with E-state index in [2.05, 4.69) is 15.3 Å². The van der Waals surface area contributed by atoms with Crippen LogP contribution in [-0.2, 0) is 6.54 Å². The molecule has 0 aliphatic rings. The van der Waals surface area contributed by atoms with Crippen molar-refractivity contribution in [2.24, 2.45) is 0 Å². The molecule has 0 aliphatic carbocycles. The van der Waals surface area contributed by atoms with Crippen LogP contribution >= 0.6 is 11.3 Å². The molecular formula is C15H15N3OS.